The van der Waals surface area contributed by atoms with Crippen molar-refractivity contribution in [1.29, 1.82) is 0 Å². The molecule has 1 aromatic carbocycles. The van der Waals surface area contributed by atoms with Crippen molar-refractivity contribution < 1.29 is 29.3 Å². The lowest BCUT2D eigenvalue weighted by molar-refractivity contribution is -0.218. The van der Waals surface area contributed by atoms with Crippen LogP contribution in [-0.2, 0) is 14.3 Å². The van der Waals surface area contributed by atoms with Crippen molar-refractivity contribution in [2.24, 2.45) is 5.92 Å². The van der Waals surface area contributed by atoms with E-state index in [0.717, 1.165) is 0 Å². The van der Waals surface area contributed by atoms with Crippen LogP contribution >= 0.6 is 34.8 Å². The molecular formula is C17H15Cl3O6. The summed E-state index contributed by atoms with van der Waals surface area (Å²) in [5.41, 5.74) is 0.182. The maximum absolute atomic E-state index is 11.9. The van der Waals surface area contributed by atoms with Crippen molar-refractivity contribution in [3.05, 3.63) is 40.4 Å². The van der Waals surface area contributed by atoms with Gasteiger partial charge in [-0.05, 0) is 18.1 Å². The molecule has 3 unspecified atom stereocenters. The summed E-state index contributed by atoms with van der Waals surface area (Å²) < 4.78 is 11.0. The highest BCUT2D eigenvalue weighted by Gasteiger charge is 2.82. The highest BCUT2D eigenvalue weighted by atomic mass is 35.5. The van der Waals surface area contributed by atoms with Gasteiger partial charge in [-0.2, -0.15) is 0 Å². The van der Waals surface area contributed by atoms with E-state index in [-0.39, 0.29) is 28.2 Å². The maximum atomic E-state index is 11.9. The van der Waals surface area contributed by atoms with E-state index in [1.54, 1.807) is 12.1 Å². The van der Waals surface area contributed by atoms with Crippen LogP contribution in [0, 0.1) is 5.92 Å². The number of methoxy groups -OCH3 is 2. The molecule has 1 fully saturated rings. The Morgan fingerprint density at radius 3 is 2.19 bits per heavy atom. The number of alkyl halides is 2. The highest BCUT2D eigenvalue weighted by Crippen LogP contribution is 2.73. The number of aliphatic carboxylic acids is 1. The molecule has 0 amide bonds. The van der Waals surface area contributed by atoms with Crippen molar-refractivity contribution in [3.63, 3.8) is 0 Å². The van der Waals surface area contributed by atoms with E-state index in [2.05, 4.69) is 0 Å². The summed E-state index contributed by atoms with van der Waals surface area (Å²) in [4.78, 5) is 20.2. The van der Waals surface area contributed by atoms with Crippen molar-refractivity contribution in [1.82, 2.24) is 0 Å². The third-order valence-corrected chi connectivity index (χ3v) is 7.10. The molecule has 2 bridgehead atoms. The van der Waals surface area contributed by atoms with Crippen LogP contribution in [0.4, 0.5) is 0 Å². The van der Waals surface area contributed by atoms with Crippen molar-refractivity contribution in [2.45, 2.75) is 22.0 Å². The van der Waals surface area contributed by atoms with Gasteiger partial charge in [0.1, 0.15) is 9.75 Å². The standard InChI is InChI=1S/C17H15Cl3O6/c1-25-17(26-2)15(19)7-10(14(23)24)16(17,20)11(12(15)18)8-5-3-4-6-9(8)13(21)22/h3-6,10H,7H2,1-2H3,(H,21,22)(H,23,24). The molecule has 3 atom stereocenters. The summed E-state index contributed by atoms with van der Waals surface area (Å²) in [6, 6.07) is 6.02. The molecule has 3 rings (SSSR count). The fourth-order valence-electron chi connectivity index (χ4n) is 4.17. The van der Waals surface area contributed by atoms with E-state index >= 15 is 0 Å². The first-order chi connectivity index (χ1) is 12.1. The van der Waals surface area contributed by atoms with Gasteiger partial charge < -0.3 is 19.7 Å². The molecule has 0 saturated heterocycles. The van der Waals surface area contributed by atoms with E-state index < -0.39 is 33.4 Å². The molecule has 26 heavy (non-hydrogen) atoms. The van der Waals surface area contributed by atoms with Gasteiger partial charge in [0.05, 0.1) is 16.5 Å². The van der Waals surface area contributed by atoms with E-state index in [4.69, 9.17) is 44.3 Å². The minimum absolute atomic E-state index is 0.0177. The summed E-state index contributed by atoms with van der Waals surface area (Å²) in [5.74, 6) is -5.42. The zero-order valence-corrected chi connectivity index (χ0v) is 16.0. The quantitative estimate of drug-likeness (QED) is 0.559. The molecule has 1 aromatic rings. The van der Waals surface area contributed by atoms with E-state index in [1.165, 1.54) is 26.4 Å². The molecule has 0 radical (unpaired) electrons. The van der Waals surface area contributed by atoms with Crippen LogP contribution in [0.3, 0.4) is 0 Å². The first-order valence-electron chi connectivity index (χ1n) is 7.56. The predicted molar refractivity (Wildman–Crippen MR) is 95.8 cm³/mol. The van der Waals surface area contributed by atoms with Crippen LogP contribution in [-0.4, -0.2) is 51.9 Å². The number of fused-ring (bicyclic) bond motifs is 2. The van der Waals surface area contributed by atoms with Crippen molar-refractivity contribution >= 4 is 52.3 Å². The topological polar surface area (TPSA) is 93.1 Å². The zero-order valence-electron chi connectivity index (χ0n) is 13.8. The van der Waals surface area contributed by atoms with Gasteiger partial charge in [0.2, 0.25) is 5.79 Å². The Hall–Kier alpha value is -1.31. The molecule has 9 heteroatoms. The second-order valence-corrected chi connectivity index (χ2v) is 7.79. The van der Waals surface area contributed by atoms with E-state index in [0.29, 0.717) is 0 Å². The molecular weight excluding hydrogens is 407 g/mol. The molecule has 0 heterocycles. The number of carboxylic acids is 2. The Kier molecular flexibility index (Phi) is 4.57. The second kappa shape index (κ2) is 6.11. The molecule has 1 saturated carbocycles. The van der Waals surface area contributed by atoms with Crippen LogP contribution in [0.25, 0.3) is 5.57 Å². The largest absolute Gasteiger partial charge is 0.481 e. The number of carbonyl (C=O) groups is 2. The monoisotopic (exact) mass is 420 g/mol. The number of benzene rings is 1. The number of hydrogen-bond donors (Lipinski definition) is 2. The average Bonchev–Trinajstić information content (AvgIpc) is 2.89. The zero-order chi connectivity index (χ0) is 19.5. The minimum atomic E-state index is -1.83. The Bertz CT molecular complexity index is 834. The summed E-state index contributed by atoms with van der Waals surface area (Å²) in [6.07, 6.45) is -0.132. The lowest BCUT2D eigenvalue weighted by atomic mass is 9.80. The Labute approximate surface area is 164 Å². The molecule has 0 spiro atoms. The molecule has 0 aromatic heterocycles. The summed E-state index contributed by atoms with van der Waals surface area (Å²) in [5, 5.41) is 19.3. The number of aromatic carboxylic acids is 1. The van der Waals surface area contributed by atoms with Crippen LogP contribution in [0.1, 0.15) is 22.3 Å². The molecule has 6 nitrogen and oxygen atoms in total. The number of halogens is 3. The number of carboxylic acid groups (broad SMARTS) is 2. The van der Waals surface area contributed by atoms with Crippen LogP contribution < -0.4 is 0 Å². The highest BCUT2D eigenvalue weighted by molar-refractivity contribution is 6.49. The maximum Gasteiger partial charge on any atom is 0.336 e. The van der Waals surface area contributed by atoms with Crippen LogP contribution in [0.5, 0.6) is 0 Å². The third kappa shape index (κ3) is 2.02. The predicted octanol–water partition coefficient (Wildman–Crippen LogP) is 3.40. The lowest BCUT2D eigenvalue weighted by Crippen LogP contribution is -2.57. The van der Waals surface area contributed by atoms with Crippen molar-refractivity contribution in [3.8, 4) is 0 Å². The average molecular weight is 422 g/mol. The van der Waals surface area contributed by atoms with Crippen molar-refractivity contribution in [2.75, 3.05) is 14.2 Å². The van der Waals surface area contributed by atoms with Crippen LogP contribution in [0.2, 0.25) is 0 Å². The van der Waals surface area contributed by atoms with Gasteiger partial charge >= 0.3 is 11.9 Å². The summed E-state index contributed by atoms with van der Waals surface area (Å²) >= 11 is 20.2. The molecule has 140 valence electrons. The smallest absolute Gasteiger partial charge is 0.336 e. The molecule has 2 aliphatic rings. The van der Waals surface area contributed by atoms with Crippen LogP contribution in [0.15, 0.2) is 29.3 Å². The minimum Gasteiger partial charge on any atom is -0.481 e. The Morgan fingerprint density at radius 1 is 1.15 bits per heavy atom. The van der Waals surface area contributed by atoms with E-state index in [9.17, 15) is 19.8 Å². The second-order valence-electron chi connectivity index (χ2n) is 6.17. The summed E-state index contributed by atoms with van der Waals surface area (Å²) in [6.45, 7) is 0. The number of ether oxygens (including phenoxy) is 2. The van der Waals surface area contributed by atoms with Gasteiger partial charge in [-0.1, -0.05) is 29.8 Å². The van der Waals surface area contributed by atoms with Gasteiger partial charge in [-0.15, -0.1) is 23.2 Å². The Balaban J connectivity index is 2.39. The normalized spacial score (nSPS) is 32.1. The van der Waals surface area contributed by atoms with Gasteiger partial charge in [-0.3, -0.25) is 4.79 Å². The molecule has 2 N–H and O–H groups in total. The Morgan fingerprint density at radius 2 is 1.73 bits per heavy atom. The molecule has 0 aliphatic heterocycles. The summed E-state index contributed by atoms with van der Waals surface area (Å²) in [7, 11) is 2.58. The first-order valence-corrected chi connectivity index (χ1v) is 8.70. The third-order valence-electron chi connectivity index (χ3n) is 5.20. The SMILES string of the molecule is COC1(OC)C2(Cl)CC(C(=O)O)C1(Cl)C(c1ccccc1C(=O)O)=C2Cl. The van der Waals surface area contributed by atoms with Gasteiger partial charge in [-0.25, -0.2) is 4.79 Å². The van der Waals surface area contributed by atoms with Gasteiger partial charge in [0.15, 0.2) is 0 Å². The molecule has 2 aliphatic carbocycles. The number of rotatable bonds is 5. The number of hydrogen-bond acceptors (Lipinski definition) is 4. The lowest BCUT2D eigenvalue weighted by Gasteiger charge is -2.41. The fourth-order valence-corrected chi connectivity index (χ4v) is 5.95. The fraction of sp³-hybridized carbons (Fsp3) is 0.412. The van der Waals surface area contributed by atoms with Gasteiger partial charge in [0.25, 0.3) is 0 Å². The van der Waals surface area contributed by atoms with Gasteiger partial charge in [0, 0.05) is 19.8 Å². The van der Waals surface area contributed by atoms with E-state index in [1.807, 2.05) is 0 Å². The first kappa shape index (κ1) is 19.5.